The maximum atomic E-state index is 16.6. The van der Waals surface area contributed by atoms with Gasteiger partial charge in [-0.2, -0.15) is 17.9 Å². The Morgan fingerprint density at radius 1 is 1.10 bits per heavy atom. The summed E-state index contributed by atoms with van der Waals surface area (Å²) in [7, 11) is 2.33. The number of aromatic nitrogens is 3. The number of amides is 2. The van der Waals surface area contributed by atoms with Gasteiger partial charge in [-0.05, 0) is 54.4 Å². The molecule has 0 radical (unpaired) electrons. The predicted octanol–water partition coefficient (Wildman–Crippen LogP) is 3.60. The molecule has 4 rings (SSSR count). The number of hydrogen-bond donors (Lipinski definition) is 5. The standard InChI is InChI=1S/C32H32F4N8O6/c1-5-17-14-20(24(33)23(15-17)49-29(28(46)43(3)4)50-30(47)32(34,35)36)25(40-19-12-10-18(11-13-19)26(37)38)27-41-31(48)44(42-27)22-9-7-6-8-21(22)39-16(2)45/h6-15,25,29,40H,5H2,1-4H3,(H3,37,38)(H,39,45)(H,41,42,48). The molecule has 0 fully saturated rings. The maximum Gasteiger partial charge on any atom is 0.491 e. The number of anilines is 2. The highest BCUT2D eigenvalue weighted by Crippen LogP contribution is 2.34. The molecule has 14 nitrogen and oxygen atoms in total. The van der Waals surface area contributed by atoms with E-state index in [1.807, 2.05) is 0 Å². The number of aromatic amines is 1. The summed E-state index contributed by atoms with van der Waals surface area (Å²) in [6.07, 6.45) is -7.78. The van der Waals surface area contributed by atoms with Crippen molar-refractivity contribution in [3.63, 3.8) is 0 Å². The zero-order chi connectivity index (χ0) is 36.9. The van der Waals surface area contributed by atoms with Crippen LogP contribution in [0.1, 0.15) is 42.4 Å². The molecule has 6 N–H and O–H groups in total. The predicted molar refractivity (Wildman–Crippen MR) is 172 cm³/mol. The van der Waals surface area contributed by atoms with Crippen molar-refractivity contribution >= 4 is 35.0 Å². The second-order valence-electron chi connectivity index (χ2n) is 10.9. The van der Waals surface area contributed by atoms with E-state index < -0.39 is 53.5 Å². The molecule has 3 aromatic carbocycles. The molecule has 0 spiro atoms. The highest BCUT2D eigenvalue weighted by atomic mass is 19.4. The number of ether oxygens (including phenoxy) is 2. The Morgan fingerprint density at radius 3 is 2.34 bits per heavy atom. The minimum absolute atomic E-state index is 0.161. The lowest BCUT2D eigenvalue weighted by Gasteiger charge is -2.24. The Balaban J connectivity index is 1.89. The van der Waals surface area contributed by atoms with Crippen LogP contribution in [-0.2, 0) is 25.5 Å². The first-order valence-electron chi connectivity index (χ1n) is 14.7. The van der Waals surface area contributed by atoms with Gasteiger partial charge in [0.25, 0.3) is 0 Å². The van der Waals surface area contributed by atoms with Gasteiger partial charge in [0.05, 0.1) is 11.4 Å². The summed E-state index contributed by atoms with van der Waals surface area (Å²) < 4.78 is 66.4. The Kier molecular flexibility index (Phi) is 10.9. The van der Waals surface area contributed by atoms with Gasteiger partial charge in [0, 0.05) is 37.8 Å². The highest BCUT2D eigenvalue weighted by Gasteiger charge is 2.44. The first-order valence-corrected chi connectivity index (χ1v) is 14.7. The number of likely N-dealkylation sites (N-methyl/N-ethyl adjacent to an activating group) is 1. The fourth-order valence-corrected chi connectivity index (χ4v) is 4.59. The van der Waals surface area contributed by atoms with E-state index in [4.69, 9.17) is 15.9 Å². The molecule has 18 heteroatoms. The van der Waals surface area contributed by atoms with Crippen molar-refractivity contribution in [2.24, 2.45) is 5.73 Å². The number of halogens is 4. The lowest BCUT2D eigenvalue weighted by Crippen LogP contribution is -2.43. The molecule has 0 aliphatic rings. The van der Waals surface area contributed by atoms with Crippen LogP contribution < -0.4 is 26.8 Å². The molecule has 0 aliphatic carbocycles. The van der Waals surface area contributed by atoms with Crippen LogP contribution in [0, 0.1) is 11.2 Å². The van der Waals surface area contributed by atoms with E-state index in [0.29, 0.717) is 16.8 Å². The van der Waals surface area contributed by atoms with Crippen LogP contribution in [0.3, 0.4) is 0 Å². The van der Waals surface area contributed by atoms with Gasteiger partial charge in [0.15, 0.2) is 17.4 Å². The number of nitrogens with one attached hydrogen (secondary N) is 4. The summed E-state index contributed by atoms with van der Waals surface area (Å²) in [5, 5.41) is 17.7. The number of nitrogen functional groups attached to an aromatic ring is 1. The van der Waals surface area contributed by atoms with Crippen molar-refractivity contribution in [2.45, 2.75) is 38.8 Å². The number of amidine groups is 1. The lowest BCUT2D eigenvalue weighted by atomic mass is 10.00. The molecule has 0 saturated carbocycles. The zero-order valence-corrected chi connectivity index (χ0v) is 27.0. The third-order valence-electron chi connectivity index (χ3n) is 7.03. The van der Waals surface area contributed by atoms with E-state index in [9.17, 15) is 32.3 Å². The molecular formula is C32H32F4N8O6. The van der Waals surface area contributed by atoms with Crippen LogP contribution in [0.25, 0.3) is 5.69 Å². The summed E-state index contributed by atoms with van der Waals surface area (Å²) in [4.78, 5) is 52.9. The zero-order valence-electron chi connectivity index (χ0n) is 27.0. The number of esters is 1. The number of para-hydroxylation sites is 2. The number of carbonyl (C=O) groups excluding carboxylic acids is 3. The average molecular weight is 701 g/mol. The normalized spacial score (nSPS) is 12.4. The maximum absolute atomic E-state index is 16.6. The van der Waals surface area contributed by atoms with Crippen molar-refractivity contribution in [1.29, 1.82) is 5.41 Å². The smallest absolute Gasteiger partial charge is 0.443 e. The molecule has 0 aliphatic heterocycles. The highest BCUT2D eigenvalue weighted by molar-refractivity contribution is 5.95. The summed E-state index contributed by atoms with van der Waals surface area (Å²) in [6, 6.07) is 13.5. The number of hydrogen-bond acceptors (Lipinski definition) is 9. The molecule has 0 bridgehead atoms. The largest absolute Gasteiger partial charge is 0.491 e. The van der Waals surface area contributed by atoms with Crippen LogP contribution in [0.15, 0.2) is 65.5 Å². The van der Waals surface area contributed by atoms with Crippen molar-refractivity contribution in [3.8, 4) is 11.4 Å². The van der Waals surface area contributed by atoms with Crippen LogP contribution in [0.4, 0.5) is 28.9 Å². The van der Waals surface area contributed by atoms with E-state index in [2.05, 4.69) is 25.5 Å². The van der Waals surface area contributed by atoms with E-state index in [1.165, 1.54) is 63.5 Å². The molecule has 264 valence electrons. The number of benzene rings is 3. The van der Waals surface area contributed by atoms with Crippen molar-refractivity contribution < 1.29 is 41.4 Å². The van der Waals surface area contributed by atoms with Crippen LogP contribution >= 0.6 is 0 Å². The summed E-state index contributed by atoms with van der Waals surface area (Å²) in [6.45, 7) is 2.96. The van der Waals surface area contributed by atoms with Crippen molar-refractivity contribution in [3.05, 3.63) is 99.5 Å². The van der Waals surface area contributed by atoms with Gasteiger partial charge < -0.3 is 30.7 Å². The van der Waals surface area contributed by atoms with Gasteiger partial charge in [0.1, 0.15) is 11.9 Å². The van der Waals surface area contributed by atoms with Gasteiger partial charge in [-0.3, -0.25) is 20.0 Å². The molecule has 0 saturated heterocycles. The summed E-state index contributed by atoms with van der Waals surface area (Å²) >= 11 is 0. The number of rotatable bonds is 12. The minimum atomic E-state index is -5.49. The summed E-state index contributed by atoms with van der Waals surface area (Å²) in [5.41, 5.74) is 6.02. The third kappa shape index (κ3) is 8.44. The van der Waals surface area contributed by atoms with Crippen LogP contribution in [-0.4, -0.2) is 69.8 Å². The topological polar surface area (TPSA) is 198 Å². The van der Waals surface area contributed by atoms with Gasteiger partial charge >= 0.3 is 30.0 Å². The molecule has 4 aromatic rings. The first-order chi connectivity index (χ1) is 23.5. The fraction of sp³-hybridized carbons (Fsp3) is 0.250. The van der Waals surface area contributed by atoms with E-state index in [-0.39, 0.29) is 35.0 Å². The van der Waals surface area contributed by atoms with Crippen LogP contribution in [0.5, 0.6) is 5.75 Å². The van der Waals surface area contributed by atoms with Gasteiger partial charge in [-0.25, -0.2) is 14.0 Å². The van der Waals surface area contributed by atoms with E-state index >= 15 is 4.39 Å². The Hall–Kier alpha value is -6.20. The van der Waals surface area contributed by atoms with Gasteiger partial charge in [-0.1, -0.05) is 25.1 Å². The molecule has 1 aromatic heterocycles. The quantitative estimate of drug-likeness (QED) is 0.0482. The SMILES string of the molecule is CCc1cc(OC(OC(=O)C(F)(F)F)C(=O)N(C)C)c(F)c(C(Nc2ccc(C(=N)N)cc2)c2nn(-c3ccccc3NC(C)=O)c(=O)[nH]2)c1. The van der Waals surface area contributed by atoms with Gasteiger partial charge in [0.2, 0.25) is 5.91 Å². The fourth-order valence-electron chi connectivity index (χ4n) is 4.59. The second kappa shape index (κ2) is 14.9. The number of nitrogens with zero attached hydrogens (tertiary/aromatic N) is 3. The third-order valence-corrected chi connectivity index (χ3v) is 7.03. The molecule has 2 atom stereocenters. The molecule has 1 heterocycles. The Bertz CT molecular complexity index is 1970. The molecule has 50 heavy (non-hydrogen) atoms. The average Bonchev–Trinajstić information content (AvgIpc) is 3.44. The number of nitrogens with two attached hydrogens (primary N) is 1. The monoisotopic (exact) mass is 700 g/mol. The first kappa shape index (κ1) is 36.6. The van der Waals surface area contributed by atoms with Crippen molar-refractivity contribution in [2.75, 3.05) is 24.7 Å². The number of alkyl halides is 3. The van der Waals surface area contributed by atoms with Crippen LogP contribution in [0.2, 0.25) is 0 Å². The molecule has 2 unspecified atom stereocenters. The van der Waals surface area contributed by atoms with E-state index in [1.54, 1.807) is 19.1 Å². The number of aryl methyl sites for hydroxylation is 1. The van der Waals surface area contributed by atoms with Crippen molar-refractivity contribution in [1.82, 2.24) is 19.7 Å². The molecular weight excluding hydrogens is 668 g/mol. The second-order valence-corrected chi connectivity index (χ2v) is 10.9. The molecule has 2 amide bonds. The number of carbonyl (C=O) groups is 3. The Labute approximate surface area is 281 Å². The lowest BCUT2D eigenvalue weighted by molar-refractivity contribution is -0.218. The summed E-state index contributed by atoms with van der Waals surface area (Å²) in [5.74, 6) is -6.71. The minimum Gasteiger partial charge on any atom is -0.443 e. The number of H-pyrrole nitrogens is 1. The Morgan fingerprint density at radius 2 is 1.76 bits per heavy atom. The van der Waals surface area contributed by atoms with Gasteiger partial charge in [-0.15, -0.1) is 5.10 Å². The van der Waals surface area contributed by atoms with E-state index in [0.717, 1.165) is 15.6 Å².